The van der Waals surface area contributed by atoms with Crippen LogP contribution >= 0.6 is 15.9 Å². The number of halogens is 1. The molecule has 3 N–H and O–H groups in total. The molecule has 1 aliphatic rings. The van der Waals surface area contributed by atoms with Gasteiger partial charge in [0.15, 0.2) is 0 Å². The Hall–Kier alpha value is -1.37. The number of fused-ring (bicyclic) bond motifs is 1. The van der Waals surface area contributed by atoms with Crippen LogP contribution in [0.25, 0.3) is 10.9 Å². The monoisotopic (exact) mass is 379 g/mol. The molecule has 0 spiro atoms. The van der Waals surface area contributed by atoms with Crippen LogP contribution in [0, 0.1) is 0 Å². The molecular weight excluding hydrogens is 358 g/mol. The number of rotatable bonds is 6. The highest BCUT2D eigenvalue weighted by Gasteiger charge is 2.22. The Morgan fingerprint density at radius 2 is 2.35 bits per heavy atom. The van der Waals surface area contributed by atoms with E-state index < -0.39 is 0 Å². The highest BCUT2D eigenvalue weighted by atomic mass is 79.9. The number of benzene rings is 1. The molecule has 3 rings (SSSR count). The van der Waals surface area contributed by atoms with Crippen LogP contribution in [-0.4, -0.2) is 53.2 Å². The van der Waals surface area contributed by atoms with Crippen molar-refractivity contribution in [3.05, 3.63) is 34.4 Å². The molecule has 0 radical (unpaired) electrons. The van der Waals surface area contributed by atoms with Gasteiger partial charge in [-0.1, -0.05) is 15.9 Å². The number of aromatic nitrogens is 1. The summed E-state index contributed by atoms with van der Waals surface area (Å²) in [5.74, 6) is -0.0534. The van der Waals surface area contributed by atoms with Gasteiger partial charge in [-0.25, -0.2) is 0 Å². The summed E-state index contributed by atoms with van der Waals surface area (Å²) in [6.45, 7) is 2.85. The quantitative estimate of drug-likeness (QED) is 0.675. The van der Waals surface area contributed by atoms with Gasteiger partial charge >= 0.3 is 0 Å². The maximum absolute atomic E-state index is 12.3. The van der Waals surface area contributed by atoms with Crippen LogP contribution in [0.15, 0.2) is 28.9 Å². The number of carbonyl (C=O) groups excluding carboxylic acids is 1. The number of carbonyl (C=O) groups is 1. The van der Waals surface area contributed by atoms with Crippen molar-refractivity contribution in [2.45, 2.75) is 25.3 Å². The average molecular weight is 380 g/mol. The second-order valence-electron chi connectivity index (χ2n) is 6.02. The summed E-state index contributed by atoms with van der Waals surface area (Å²) in [6, 6.07) is 6.01. The Balaban J connectivity index is 1.50. The molecule has 1 saturated heterocycles. The minimum Gasteiger partial charge on any atom is -0.395 e. The van der Waals surface area contributed by atoms with E-state index in [-0.39, 0.29) is 12.5 Å². The van der Waals surface area contributed by atoms with E-state index in [0.29, 0.717) is 18.2 Å². The number of nitrogens with one attached hydrogen (secondary N) is 2. The Morgan fingerprint density at radius 1 is 1.48 bits per heavy atom. The lowest BCUT2D eigenvalue weighted by molar-refractivity contribution is 0.0949. The first kappa shape index (κ1) is 16.5. The molecule has 2 heterocycles. The van der Waals surface area contributed by atoms with E-state index in [2.05, 4.69) is 31.1 Å². The number of nitrogens with zero attached hydrogens (tertiary/aromatic N) is 1. The lowest BCUT2D eigenvalue weighted by Gasteiger charge is -2.22. The van der Waals surface area contributed by atoms with Crippen LogP contribution in [0.2, 0.25) is 0 Å². The Morgan fingerprint density at radius 3 is 3.17 bits per heavy atom. The van der Waals surface area contributed by atoms with E-state index in [1.807, 2.05) is 24.4 Å². The van der Waals surface area contributed by atoms with Gasteiger partial charge in [-0.3, -0.25) is 9.69 Å². The summed E-state index contributed by atoms with van der Waals surface area (Å²) in [6.07, 6.45) is 4.99. The number of likely N-dealkylation sites (tertiary alicyclic amines) is 1. The minimum absolute atomic E-state index is 0.0534. The van der Waals surface area contributed by atoms with E-state index in [1.54, 1.807) is 0 Å². The molecule has 124 valence electrons. The molecule has 1 amide bonds. The van der Waals surface area contributed by atoms with E-state index >= 15 is 0 Å². The molecule has 5 nitrogen and oxygen atoms in total. The number of aliphatic hydroxyl groups excluding tert-OH is 1. The van der Waals surface area contributed by atoms with E-state index in [0.717, 1.165) is 47.7 Å². The number of aliphatic hydroxyl groups is 1. The molecule has 1 fully saturated rings. The molecule has 1 atom stereocenters. The molecule has 1 aliphatic heterocycles. The van der Waals surface area contributed by atoms with Crippen molar-refractivity contribution in [2.24, 2.45) is 0 Å². The fourth-order valence-electron chi connectivity index (χ4n) is 3.23. The second-order valence-corrected chi connectivity index (χ2v) is 6.88. The van der Waals surface area contributed by atoms with E-state index in [9.17, 15) is 9.90 Å². The zero-order chi connectivity index (χ0) is 16.2. The Bertz CT molecular complexity index is 686. The molecule has 0 bridgehead atoms. The molecule has 0 saturated carbocycles. The summed E-state index contributed by atoms with van der Waals surface area (Å²) in [4.78, 5) is 17.7. The van der Waals surface area contributed by atoms with Crippen molar-refractivity contribution in [1.29, 1.82) is 0 Å². The lowest BCUT2D eigenvalue weighted by atomic mass is 10.1. The zero-order valence-electron chi connectivity index (χ0n) is 13.0. The van der Waals surface area contributed by atoms with E-state index in [1.165, 1.54) is 0 Å². The van der Waals surface area contributed by atoms with Crippen molar-refractivity contribution < 1.29 is 9.90 Å². The smallest absolute Gasteiger partial charge is 0.251 e. The third-order valence-corrected chi connectivity index (χ3v) is 5.15. The molecule has 23 heavy (non-hydrogen) atoms. The molecule has 0 unspecified atom stereocenters. The largest absolute Gasteiger partial charge is 0.395 e. The highest BCUT2D eigenvalue weighted by molar-refractivity contribution is 9.10. The first-order chi connectivity index (χ1) is 11.2. The SMILES string of the molecule is O=C(NCCCN1CCC[C@H]1CO)c1cc(Br)c2cc[nH]c2c1. The van der Waals surface area contributed by atoms with Gasteiger partial charge in [-0.15, -0.1) is 0 Å². The highest BCUT2D eigenvalue weighted by Crippen LogP contribution is 2.25. The fourth-order valence-corrected chi connectivity index (χ4v) is 3.83. The van der Waals surface area contributed by atoms with Gasteiger partial charge in [-0.05, 0) is 44.0 Å². The number of hydrogen-bond donors (Lipinski definition) is 3. The van der Waals surface area contributed by atoms with Gasteiger partial charge < -0.3 is 15.4 Å². The fraction of sp³-hybridized carbons (Fsp3) is 0.471. The maximum atomic E-state index is 12.3. The van der Waals surface area contributed by atoms with E-state index in [4.69, 9.17) is 0 Å². The topological polar surface area (TPSA) is 68.4 Å². The summed E-state index contributed by atoms with van der Waals surface area (Å²) in [5.41, 5.74) is 1.61. The summed E-state index contributed by atoms with van der Waals surface area (Å²) < 4.78 is 0.921. The molecule has 0 aliphatic carbocycles. The molecule has 2 aromatic rings. The summed E-state index contributed by atoms with van der Waals surface area (Å²) in [7, 11) is 0. The predicted molar refractivity (Wildman–Crippen MR) is 94.6 cm³/mol. The number of aromatic amines is 1. The van der Waals surface area contributed by atoms with Crippen molar-refractivity contribution >= 4 is 32.7 Å². The minimum atomic E-state index is -0.0534. The van der Waals surface area contributed by atoms with Crippen molar-refractivity contribution in [3.8, 4) is 0 Å². The Labute approximate surface area is 144 Å². The first-order valence-electron chi connectivity index (χ1n) is 8.09. The lowest BCUT2D eigenvalue weighted by Crippen LogP contribution is -2.35. The molecule has 1 aromatic heterocycles. The zero-order valence-corrected chi connectivity index (χ0v) is 14.6. The number of hydrogen-bond acceptors (Lipinski definition) is 3. The molecule has 1 aromatic carbocycles. The summed E-state index contributed by atoms with van der Waals surface area (Å²) in [5, 5.41) is 13.4. The van der Waals surface area contributed by atoms with Gasteiger partial charge in [0, 0.05) is 46.3 Å². The number of H-pyrrole nitrogens is 1. The van der Waals surface area contributed by atoms with Gasteiger partial charge in [0.2, 0.25) is 0 Å². The normalized spacial score (nSPS) is 18.6. The second kappa shape index (κ2) is 7.47. The standard InChI is InChI=1S/C17H22BrN3O2/c18-15-9-12(10-16-14(15)4-6-19-16)17(23)20-5-2-8-21-7-1-3-13(21)11-22/h4,6,9-10,13,19,22H,1-3,5,7-8,11H2,(H,20,23)/t13-/m0/s1. The van der Waals surface area contributed by atoms with Crippen LogP contribution in [0.4, 0.5) is 0 Å². The summed E-state index contributed by atoms with van der Waals surface area (Å²) >= 11 is 3.51. The Kier molecular flexibility index (Phi) is 5.35. The predicted octanol–water partition coefficient (Wildman–Crippen LogP) is 2.51. The van der Waals surface area contributed by atoms with Crippen LogP contribution in [0.1, 0.15) is 29.6 Å². The van der Waals surface area contributed by atoms with Crippen LogP contribution in [0.5, 0.6) is 0 Å². The van der Waals surface area contributed by atoms with Crippen LogP contribution in [0.3, 0.4) is 0 Å². The van der Waals surface area contributed by atoms with Crippen LogP contribution < -0.4 is 5.32 Å². The third-order valence-electron chi connectivity index (χ3n) is 4.50. The van der Waals surface area contributed by atoms with Gasteiger partial charge in [0.05, 0.1) is 6.61 Å². The average Bonchev–Trinajstić information content (AvgIpc) is 3.19. The van der Waals surface area contributed by atoms with Crippen molar-refractivity contribution in [1.82, 2.24) is 15.2 Å². The third kappa shape index (κ3) is 3.76. The molecular formula is C17H22BrN3O2. The first-order valence-corrected chi connectivity index (χ1v) is 8.88. The van der Waals surface area contributed by atoms with Crippen molar-refractivity contribution in [3.63, 3.8) is 0 Å². The van der Waals surface area contributed by atoms with Crippen LogP contribution in [-0.2, 0) is 0 Å². The number of amides is 1. The van der Waals surface area contributed by atoms with Gasteiger partial charge in [0.25, 0.3) is 5.91 Å². The molecule has 6 heteroatoms. The van der Waals surface area contributed by atoms with Gasteiger partial charge in [0.1, 0.15) is 0 Å². The van der Waals surface area contributed by atoms with Crippen molar-refractivity contribution in [2.75, 3.05) is 26.2 Å². The maximum Gasteiger partial charge on any atom is 0.251 e. The van der Waals surface area contributed by atoms with Gasteiger partial charge in [-0.2, -0.15) is 0 Å².